The van der Waals surface area contributed by atoms with E-state index in [1.54, 1.807) is 0 Å². The molecule has 0 aliphatic carbocycles. The van der Waals surface area contributed by atoms with Crippen molar-refractivity contribution in [3.8, 4) is 5.75 Å². The molecule has 3 rings (SSSR count). The van der Waals surface area contributed by atoms with Gasteiger partial charge in [0.05, 0.1) is 0 Å². The zero-order chi connectivity index (χ0) is 17.5. The van der Waals surface area contributed by atoms with Gasteiger partial charge in [0.15, 0.2) is 0 Å². The molecule has 0 bridgehead atoms. The van der Waals surface area contributed by atoms with Crippen LogP contribution in [0.1, 0.15) is 25.3 Å². The number of aliphatic hydroxyl groups excluding tert-OH is 1. The van der Waals surface area contributed by atoms with Gasteiger partial charge in [-0.05, 0) is 50.2 Å². The maximum absolute atomic E-state index is 10.3. The number of ether oxygens (including phenoxy) is 1. The molecule has 0 amide bonds. The van der Waals surface area contributed by atoms with Gasteiger partial charge in [-0.3, -0.25) is 9.80 Å². The van der Waals surface area contributed by atoms with Gasteiger partial charge < -0.3 is 14.7 Å². The Kier molecular flexibility index (Phi) is 7.11. The number of hydrogen-bond acceptors (Lipinski definition) is 5. The van der Waals surface area contributed by atoms with Crippen molar-refractivity contribution in [2.24, 2.45) is 0 Å². The second-order valence-corrected chi connectivity index (χ2v) is 7.33. The van der Waals surface area contributed by atoms with E-state index in [4.69, 9.17) is 4.74 Å². The molecule has 0 aromatic heterocycles. The molecule has 2 heterocycles. The molecule has 5 nitrogen and oxygen atoms in total. The molecular weight excluding hydrogens is 314 g/mol. The van der Waals surface area contributed by atoms with E-state index in [0.717, 1.165) is 45.0 Å². The molecule has 0 radical (unpaired) electrons. The zero-order valence-electron chi connectivity index (χ0n) is 15.6. The number of aliphatic hydroxyl groups is 1. The Morgan fingerprint density at radius 2 is 1.72 bits per heavy atom. The van der Waals surface area contributed by atoms with Gasteiger partial charge >= 0.3 is 0 Å². The van der Waals surface area contributed by atoms with Gasteiger partial charge in [-0.25, -0.2) is 0 Å². The lowest BCUT2D eigenvalue weighted by atomic mass is 10.2. The van der Waals surface area contributed by atoms with Crippen molar-refractivity contribution >= 4 is 0 Å². The first-order valence-electron chi connectivity index (χ1n) is 9.80. The highest BCUT2D eigenvalue weighted by Gasteiger charge is 2.18. The van der Waals surface area contributed by atoms with Crippen LogP contribution in [0, 0.1) is 0 Å². The second kappa shape index (κ2) is 9.53. The van der Waals surface area contributed by atoms with Crippen LogP contribution in [0.15, 0.2) is 24.3 Å². The molecule has 1 aromatic carbocycles. The summed E-state index contributed by atoms with van der Waals surface area (Å²) in [6.45, 7) is 12.1. The number of benzene rings is 1. The predicted molar refractivity (Wildman–Crippen MR) is 101 cm³/mol. The Morgan fingerprint density at radius 3 is 2.44 bits per heavy atom. The number of likely N-dealkylation sites (N-methyl/N-ethyl adjacent to an activating group) is 1. The average molecular weight is 348 g/mol. The van der Waals surface area contributed by atoms with Crippen molar-refractivity contribution in [2.45, 2.75) is 32.4 Å². The minimum absolute atomic E-state index is 0.362. The summed E-state index contributed by atoms with van der Waals surface area (Å²) in [6, 6.07) is 8.32. The average Bonchev–Trinajstić information content (AvgIpc) is 3.14. The van der Waals surface area contributed by atoms with Gasteiger partial charge in [-0.1, -0.05) is 19.1 Å². The molecule has 1 atom stereocenters. The highest BCUT2D eigenvalue weighted by atomic mass is 16.5. The minimum Gasteiger partial charge on any atom is -0.491 e. The first kappa shape index (κ1) is 18.6. The summed E-state index contributed by atoms with van der Waals surface area (Å²) in [5.74, 6) is 0.867. The van der Waals surface area contributed by atoms with Gasteiger partial charge in [0.25, 0.3) is 0 Å². The number of likely N-dealkylation sites (tertiary alicyclic amines) is 1. The van der Waals surface area contributed by atoms with Crippen LogP contribution >= 0.6 is 0 Å². The van der Waals surface area contributed by atoms with E-state index in [1.165, 1.54) is 31.5 Å². The topological polar surface area (TPSA) is 39.2 Å². The highest BCUT2D eigenvalue weighted by Crippen LogP contribution is 2.18. The van der Waals surface area contributed by atoms with E-state index in [-0.39, 0.29) is 0 Å². The fraction of sp³-hybridized carbons (Fsp3) is 0.700. The summed E-state index contributed by atoms with van der Waals surface area (Å²) in [6.07, 6.45) is 2.19. The predicted octanol–water partition coefficient (Wildman–Crippen LogP) is 1.66. The standard InChI is InChI=1S/C20H33N3O2/c1-2-21-10-12-23(13-11-21)16-19(24)17-25-20-7-5-6-18(14-20)15-22-8-3-4-9-22/h5-7,14,19,24H,2-4,8-13,15-17H2,1H3. The van der Waals surface area contributed by atoms with Crippen LogP contribution in [0.25, 0.3) is 0 Å². The zero-order valence-corrected chi connectivity index (χ0v) is 15.6. The summed E-state index contributed by atoms with van der Waals surface area (Å²) >= 11 is 0. The maximum Gasteiger partial charge on any atom is 0.119 e. The van der Waals surface area contributed by atoms with Crippen LogP contribution in [0.2, 0.25) is 0 Å². The molecule has 2 aliphatic rings. The third-order valence-corrected chi connectivity index (χ3v) is 5.33. The molecule has 140 valence electrons. The van der Waals surface area contributed by atoms with E-state index in [2.05, 4.69) is 39.8 Å². The fourth-order valence-electron chi connectivity index (χ4n) is 3.76. The van der Waals surface area contributed by atoms with E-state index >= 15 is 0 Å². The molecule has 1 unspecified atom stereocenters. The Labute approximate surface area is 152 Å². The number of nitrogens with zero attached hydrogens (tertiary/aromatic N) is 3. The summed E-state index contributed by atoms with van der Waals surface area (Å²) in [7, 11) is 0. The van der Waals surface area contributed by atoms with Gasteiger partial charge in [0.1, 0.15) is 18.5 Å². The first-order chi connectivity index (χ1) is 12.2. The molecule has 5 heteroatoms. The third-order valence-electron chi connectivity index (χ3n) is 5.33. The second-order valence-electron chi connectivity index (χ2n) is 7.33. The lowest BCUT2D eigenvalue weighted by Gasteiger charge is -2.34. The van der Waals surface area contributed by atoms with Crippen LogP contribution in [-0.2, 0) is 6.54 Å². The summed E-state index contributed by atoms with van der Waals surface area (Å²) < 4.78 is 5.85. The van der Waals surface area contributed by atoms with Crippen LogP contribution in [0.3, 0.4) is 0 Å². The van der Waals surface area contributed by atoms with Crippen LogP contribution in [0.4, 0.5) is 0 Å². The molecule has 0 spiro atoms. The Bertz CT molecular complexity index is 511. The number of hydrogen-bond donors (Lipinski definition) is 1. The highest BCUT2D eigenvalue weighted by molar-refractivity contribution is 5.28. The van der Waals surface area contributed by atoms with Crippen molar-refractivity contribution in [1.82, 2.24) is 14.7 Å². The van der Waals surface area contributed by atoms with Crippen LogP contribution < -0.4 is 4.74 Å². The van der Waals surface area contributed by atoms with Crippen LogP contribution in [-0.4, -0.2) is 84.9 Å². The molecular formula is C20H33N3O2. The van der Waals surface area contributed by atoms with Gasteiger partial charge in [-0.2, -0.15) is 0 Å². The monoisotopic (exact) mass is 347 g/mol. The maximum atomic E-state index is 10.3. The molecule has 2 aliphatic heterocycles. The van der Waals surface area contributed by atoms with E-state index < -0.39 is 6.10 Å². The third kappa shape index (κ3) is 5.96. The molecule has 1 aromatic rings. The van der Waals surface area contributed by atoms with Crippen LogP contribution in [0.5, 0.6) is 5.75 Å². The SMILES string of the molecule is CCN1CCN(CC(O)COc2cccc(CN3CCCC3)c2)CC1. The van der Waals surface area contributed by atoms with Crippen molar-refractivity contribution < 1.29 is 9.84 Å². The lowest BCUT2D eigenvalue weighted by Crippen LogP contribution is -2.49. The van der Waals surface area contributed by atoms with Crippen molar-refractivity contribution in [2.75, 3.05) is 59.0 Å². The summed E-state index contributed by atoms with van der Waals surface area (Å²) in [5.41, 5.74) is 1.30. The largest absolute Gasteiger partial charge is 0.491 e. The number of β-amino-alcohol motifs (C(OH)–C–C–N with tert-alkyl or cyclic N) is 1. The normalized spacial score (nSPS) is 21.5. The smallest absolute Gasteiger partial charge is 0.119 e. The molecule has 2 saturated heterocycles. The van der Waals surface area contributed by atoms with E-state index in [1.807, 2.05) is 6.07 Å². The summed E-state index contributed by atoms with van der Waals surface area (Å²) in [4.78, 5) is 7.28. The fourth-order valence-corrected chi connectivity index (χ4v) is 3.76. The lowest BCUT2D eigenvalue weighted by molar-refractivity contribution is 0.0470. The molecule has 0 saturated carbocycles. The summed E-state index contributed by atoms with van der Waals surface area (Å²) in [5, 5.41) is 10.3. The Morgan fingerprint density at radius 1 is 1.00 bits per heavy atom. The van der Waals surface area contributed by atoms with E-state index in [0.29, 0.717) is 13.2 Å². The van der Waals surface area contributed by atoms with Crippen molar-refractivity contribution in [1.29, 1.82) is 0 Å². The van der Waals surface area contributed by atoms with Crippen molar-refractivity contribution in [3.05, 3.63) is 29.8 Å². The number of rotatable bonds is 8. The minimum atomic E-state index is -0.435. The Balaban J connectivity index is 1.40. The molecule has 1 N–H and O–H groups in total. The quantitative estimate of drug-likeness (QED) is 0.774. The van der Waals surface area contributed by atoms with Crippen molar-refractivity contribution in [3.63, 3.8) is 0 Å². The van der Waals surface area contributed by atoms with Gasteiger partial charge in [0.2, 0.25) is 0 Å². The number of piperazine rings is 1. The molecule has 25 heavy (non-hydrogen) atoms. The first-order valence-corrected chi connectivity index (χ1v) is 9.80. The van der Waals surface area contributed by atoms with E-state index in [9.17, 15) is 5.11 Å². The Hall–Kier alpha value is -1.14. The van der Waals surface area contributed by atoms with Gasteiger partial charge in [0, 0.05) is 39.3 Å². The molecule has 2 fully saturated rings. The van der Waals surface area contributed by atoms with Gasteiger partial charge in [-0.15, -0.1) is 0 Å².